The van der Waals surface area contributed by atoms with Crippen LogP contribution in [0.3, 0.4) is 0 Å². The van der Waals surface area contributed by atoms with Crippen molar-refractivity contribution in [2.45, 2.75) is 52.0 Å². The van der Waals surface area contributed by atoms with Gasteiger partial charge in [-0.1, -0.05) is 12.1 Å². The molecule has 2 heterocycles. The zero-order valence-electron chi connectivity index (χ0n) is 23.1. The molecule has 0 spiro atoms. The highest BCUT2D eigenvalue weighted by Crippen LogP contribution is 2.30. The third-order valence-electron chi connectivity index (χ3n) is 6.68. The Morgan fingerprint density at radius 2 is 2.00 bits per heavy atom. The maximum atomic E-state index is 13.5. The number of nitrogens with zero attached hydrogens (tertiary/aromatic N) is 2. The molecule has 0 aromatic heterocycles. The van der Waals surface area contributed by atoms with Crippen molar-refractivity contribution in [1.82, 2.24) is 20.4 Å². The standard InChI is InChI=1S/C29H38N4O6/c1-5-32-17-27(34)31-25-16-33(28(35)15-30-4)10-9-26(25)37-18-20-7-6-8-22(11-20)39-24-13-21(29(32)36)12-23(14-24)38-19(2)3/h6-8,11-14,19,25-26,30H,5,9-10,15-18H2,1-4H3,(H,31,34)/t25-,26-/m0/s1. The largest absolute Gasteiger partial charge is 0.491 e. The molecule has 0 unspecified atom stereocenters. The van der Waals surface area contributed by atoms with E-state index in [-0.39, 0.29) is 43.0 Å². The van der Waals surface area contributed by atoms with Crippen molar-refractivity contribution < 1.29 is 28.6 Å². The molecule has 0 saturated carbocycles. The number of benzene rings is 2. The van der Waals surface area contributed by atoms with Crippen LogP contribution in [0.2, 0.25) is 0 Å². The van der Waals surface area contributed by atoms with Crippen LogP contribution in [-0.2, 0) is 20.9 Å². The van der Waals surface area contributed by atoms with Crippen LogP contribution in [0.4, 0.5) is 0 Å². The van der Waals surface area contributed by atoms with Gasteiger partial charge in [0.2, 0.25) is 11.8 Å². The van der Waals surface area contributed by atoms with Crippen LogP contribution in [0.25, 0.3) is 0 Å². The molecule has 2 N–H and O–H groups in total. The summed E-state index contributed by atoms with van der Waals surface area (Å²) in [5, 5.41) is 5.93. The second-order valence-corrected chi connectivity index (χ2v) is 10.1. The molecule has 10 nitrogen and oxygen atoms in total. The number of likely N-dealkylation sites (N-methyl/N-ethyl adjacent to an activating group) is 2. The van der Waals surface area contributed by atoms with E-state index >= 15 is 0 Å². The number of piperidine rings is 1. The summed E-state index contributed by atoms with van der Waals surface area (Å²) >= 11 is 0. The van der Waals surface area contributed by atoms with Gasteiger partial charge in [0.05, 0.1) is 37.9 Å². The van der Waals surface area contributed by atoms with Crippen molar-refractivity contribution in [2.75, 3.05) is 39.8 Å². The van der Waals surface area contributed by atoms with Gasteiger partial charge in [0.15, 0.2) is 0 Å². The maximum absolute atomic E-state index is 13.5. The Morgan fingerprint density at radius 1 is 1.18 bits per heavy atom. The Labute approximate surface area is 229 Å². The van der Waals surface area contributed by atoms with Gasteiger partial charge in [-0.25, -0.2) is 0 Å². The Balaban J connectivity index is 1.67. The predicted molar refractivity (Wildman–Crippen MR) is 146 cm³/mol. The predicted octanol–water partition coefficient (Wildman–Crippen LogP) is 2.56. The summed E-state index contributed by atoms with van der Waals surface area (Å²) in [4.78, 5) is 42.5. The smallest absolute Gasteiger partial charge is 0.254 e. The molecule has 4 bridgehead atoms. The van der Waals surface area contributed by atoms with Crippen LogP contribution in [0.5, 0.6) is 17.2 Å². The van der Waals surface area contributed by atoms with Crippen LogP contribution in [0, 0.1) is 0 Å². The number of hydrogen-bond acceptors (Lipinski definition) is 7. The highest BCUT2D eigenvalue weighted by molar-refractivity contribution is 5.97. The first-order valence-corrected chi connectivity index (χ1v) is 13.5. The highest BCUT2D eigenvalue weighted by Gasteiger charge is 2.33. The Morgan fingerprint density at radius 3 is 2.74 bits per heavy atom. The number of carbonyl (C=O) groups is 3. The zero-order valence-corrected chi connectivity index (χ0v) is 23.1. The molecule has 1 fully saturated rings. The summed E-state index contributed by atoms with van der Waals surface area (Å²) < 4.78 is 18.3. The van der Waals surface area contributed by atoms with E-state index in [0.717, 1.165) is 5.56 Å². The number of hydrogen-bond donors (Lipinski definition) is 2. The molecule has 2 aromatic rings. The van der Waals surface area contributed by atoms with E-state index in [1.807, 2.05) is 45.0 Å². The minimum atomic E-state index is -0.414. The molecule has 2 aliphatic heterocycles. The van der Waals surface area contributed by atoms with Gasteiger partial charge in [-0.15, -0.1) is 0 Å². The average molecular weight is 539 g/mol. The van der Waals surface area contributed by atoms with Crippen LogP contribution >= 0.6 is 0 Å². The van der Waals surface area contributed by atoms with Crippen molar-refractivity contribution >= 4 is 17.7 Å². The fourth-order valence-corrected chi connectivity index (χ4v) is 4.83. The molecule has 2 aromatic carbocycles. The molecule has 4 rings (SSSR count). The van der Waals surface area contributed by atoms with Gasteiger partial charge in [0.1, 0.15) is 17.2 Å². The minimum absolute atomic E-state index is 0.0353. The van der Waals surface area contributed by atoms with Gasteiger partial charge in [-0.2, -0.15) is 0 Å². The fourth-order valence-electron chi connectivity index (χ4n) is 4.83. The van der Waals surface area contributed by atoms with Crippen molar-refractivity contribution in [3.8, 4) is 17.2 Å². The normalized spacial score (nSPS) is 20.2. The Bertz CT molecular complexity index is 1190. The summed E-state index contributed by atoms with van der Waals surface area (Å²) in [6.07, 6.45) is 0.188. The van der Waals surface area contributed by atoms with Gasteiger partial charge >= 0.3 is 0 Å². The number of amides is 3. The van der Waals surface area contributed by atoms with Gasteiger partial charge < -0.3 is 34.6 Å². The molecular weight excluding hydrogens is 500 g/mol. The number of nitrogens with one attached hydrogen (secondary N) is 2. The van der Waals surface area contributed by atoms with E-state index in [4.69, 9.17) is 14.2 Å². The maximum Gasteiger partial charge on any atom is 0.254 e. The van der Waals surface area contributed by atoms with E-state index in [1.54, 1.807) is 30.1 Å². The average Bonchev–Trinajstić information content (AvgIpc) is 2.90. The molecule has 0 radical (unpaired) electrons. The molecule has 3 amide bonds. The summed E-state index contributed by atoms with van der Waals surface area (Å²) in [6, 6.07) is 12.2. The molecule has 2 aliphatic rings. The molecule has 0 aliphatic carbocycles. The molecule has 2 atom stereocenters. The quantitative estimate of drug-likeness (QED) is 0.602. The first kappa shape index (κ1) is 28.4. The first-order chi connectivity index (χ1) is 18.7. The lowest BCUT2D eigenvalue weighted by molar-refractivity contribution is -0.136. The topological polar surface area (TPSA) is 109 Å². The van der Waals surface area contributed by atoms with E-state index in [9.17, 15) is 14.4 Å². The minimum Gasteiger partial charge on any atom is -0.491 e. The van der Waals surface area contributed by atoms with Crippen molar-refractivity contribution in [3.63, 3.8) is 0 Å². The van der Waals surface area contributed by atoms with E-state index < -0.39 is 6.04 Å². The van der Waals surface area contributed by atoms with Gasteiger partial charge in [-0.05, 0) is 64.1 Å². The summed E-state index contributed by atoms with van der Waals surface area (Å²) in [5.41, 5.74) is 1.27. The van der Waals surface area contributed by atoms with E-state index in [2.05, 4.69) is 10.6 Å². The number of likely N-dealkylation sites (tertiary alicyclic amines) is 1. The highest BCUT2D eigenvalue weighted by atomic mass is 16.5. The Kier molecular flexibility index (Phi) is 9.42. The molecule has 210 valence electrons. The number of fused-ring (bicyclic) bond motifs is 5. The summed E-state index contributed by atoms with van der Waals surface area (Å²) in [7, 11) is 1.73. The number of carbonyl (C=O) groups excluding carboxylic acids is 3. The lowest BCUT2D eigenvalue weighted by Gasteiger charge is -2.39. The van der Waals surface area contributed by atoms with Crippen LogP contribution in [0.15, 0.2) is 42.5 Å². The van der Waals surface area contributed by atoms with Crippen LogP contribution < -0.4 is 20.1 Å². The molecule has 1 saturated heterocycles. The van der Waals surface area contributed by atoms with Crippen molar-refractivity contribution in [3.05, 3.63) is 53.6 Å². The first-order valence-electron chi connectivity index (χ1n) is 13.5. The Hall–Kier alpha value is -3.63. The van der Waals surface area contributed by atoms with Gasteiger partial charge in [0.25, 0.3) is 5.91 Å². The molecule has 39 heavy (non-hydrogen) atoms. The van der Waals surface area contributed by atoms with Crippen LogP contribution in [-0.4, -0.2) is 85.5 Å². The second-order valence-electron chi connectivity index (χ2n) is 10.1. The third kappa shape index (κ3) is 7.48. The lowest BCUT2D eigenvalue weighted by Crippen LogP contribution is -2.59. The molecular formula is C29H38N4O6. The zero-order chi connectivity index (χ0) is 27.9. The third-order valence-corrected chi connectivity index (χ3v) is 6.68. The van der Waals surface area contributed by atoms with Crippen LogP contribution in [0.1, 0.15) is 43.1 Å². The van der Waals surface area contributed by atoms with Gasteiger partial charge in [-0.3, -0.25) is 14.4 Å². The van der Waals surface area contributed by atoms with E-state index in [1.165, 1.54) is 4.90 Å². The lowest BCUT2D eigenvalue weighted by atomic mass is 10.0. The fraction of sp³-hybridized carbons (Fsp3) is 0.483. The van der Waals surface area contributed by atoms with Gasteiger partial charge in [0, 0.05) is 31.3 Å². The second kappa shape index (κ2) is 12.9. The number of ether oxygens (including phenoxy) is 3. The summed E-state index contributed by atoms with van der Waals surface area (Å²) in [6.45, 7) is 7.25. The molecule has 10 heteroatoms. The number of rotatable bonds is 5. The monoisotopic (exact) mass is 538 g/mol. The van der Waals surface area contributed by atoms with Crippen molar-refractivity contribution in [1.29, 1.82) is 0 Å². The SMILES string of the molecule is CCN1CC(=O)N[C@H]2CN(C(=O)CNC)CC[C@@H]2OCc2cccc(c2)Oc2cc(OC(C)C)cc(c2)C1=O. The summed E-state index contributed by atoms with van der Waals surface area (Å²) in [5.74, 6) is 0.908. The van der Waals surface area contributed by atoms with Crippen molar-refractivity contribution in [2.24, 2.45) is 0 Å². The van der Waals surface area contributed by atoms with E-state index in [0.29, 0.717) is 55.5 Å².